The minimum absolute atomic E-state index is 0.598. The van der Waals surface area contributed by atoms with Crippen molar-refractivity contribution in [3.8, 4) is 56.4 Å². The van der Waals surface area contributed by atoms with Gasteiger partial charge in [0.1, 0.15) is 11.2 Å². The van der Waals surface area contributed by atoms with Gasteiger partial charge in [0, 0.05) is 53.2 Å². The van der Waals surface area contributed by atoms with Crippen molar-refractivity contribution in [1.29, 1.82) is 0 Å². The number of para-hydroxylation sites is 1. The van der Waals surface area contributed by atoms with Crippen LogP contribution in [0, 0.1) is 0 Å². The Morgan fingerprint density at radius 2 is 1.02 bits per heavy atom. The lowest BCUT2D eigenvalue weighted by molar-refractivity contribution is 0.670. The van der Waals surface area contributed by atoms with Gasteiger partial charge in [-0.05, 0) is 47.0 Å². The first-order valence-corrected chi connectivity index (χ1v) is 17.4. The van der Waals surface area contributed by atoms with Crippen molar-refractivity contribution < 1.29 is 4.42 Å². The lowest BCUT2D eigenvalue weighted by atomic mass is 10.0. The Hall–Kier alpha value is -6.43. The van der Waals surface area contributed by atoms with E-state index in [4.69, 9.17) is 19.4 Å². The molecule has 0 spiro atoms. The van der Waals surface area contributed by atoms with Gasteiger partial charge < -0.3 is 4.42 Å². The molecule has 0 aliphatic heterocycles. The Kier molecular flexibility index (Phi) is 6.64. The molecular formula is C45H27N3OS. The van der Waals surface area contributed by atoms with E-state index in [1.165, 1.54) is 25.9 Å². The summed E-state index contributed by atoms with van der Waals surface area (Å²) >= 11 is 1.79. The minimum atomic E-state index is 0.598. The Morgan fingerprint density at radius 1 is 0.380 bits per heavy atom. The predicted octanol–water partition coefficient (Wildman–Crippen LogP) is 12.5. The zero-order valence-electron chi connectivity index (χ0n) is 26.7. The van der Waals surface area contributed by atoms with Gasteiger partial charge in [-0.25, -0.2) is 15.0 Å². The zero-order valence-corrected chi connectivity index (χ0v) is 27.6. The fourth-order valence-electron chi connectivity index (χ4n) is 6.95. The lowest BCUT2D eigenvalue weighted by Crippen LogP contribution is -2.00. The van der Waals surface area contributed by atoms with E-state index in [1.54, 1.807) is 11.3 Å². The molecule has 3 aromatic heterocycles. The fourth-order valence-corrected chi connectivity index (χ4v) is 8.06. The molecule has 0 bridgehead atoms. The Balaban J connectivity index is 1.17. The lowest BCUT2D eigenvalue weighted by Gasteiger charge is -2.10. The van der Waals surface area contributed by atoms with Crippen LogP contribution in [0.3, 0.4) is 0 Å². The molecule has 0 saturated heterocycles. The quantitative estimate of drug-likeness (QED) is 0.185. The summed E-state index contributed by atoms with van der Waals surface area (Å²) in [5, 5.41) is 4.49. The third-order valence-corrected chi connectivity index (χ3v) is 10.5. The first-order valence-electron chi connectivity index (χ1n) is 16.6. The molecule has 3 heterocycles. The van der Waals surface area contributed by atoms with Gasteiger partial charge in [-0.15, -0.1) is 11.3 Å². The number of fused-ring (bicyclic) bond motifs is 6. The van der Waals surface area contributed by atoms with Crippen LogP contribution in [0.25, 0.3) is 98.5 Å². The topological polar surface area (TPSA) is 51.8 Å². The van der Waals surface area contributed by atoms with Crippen LogP contribution in [-0.2, 0) is 0 Å². The Labute approximate surface area is 292 Å². The number of hydrogen-bond acceptors (Lipinski definition) is 5. The van der Waals surface area contributed by atoms with Gasteiger partial charge in [-0.3, -0.25) is 0 Å². The first-order chi connectivity index (χ1) is 24.8. The van der Waals surface area contributed by atoms with Crippen molar-refractivity contribution in [2.45, 2.75) is 0 Å². The summed E-state index contributed by atoms with van der Waals surface area (Å²) in [6, 6.07) is 56.8. The summed E-state index contributed by atoms with van der Waals surface area (Å²) in [6.07, 6.45) is 0. The van der Waals surface area contributed by atoms with Crippen LogP contribution in [0.15, 0.2) is 168 Å². The zero-order chi connectivity index (χ0) is 33.0. The fraction of sp³-hybridized carbons (Fsp3) is 0. The molecular weight excluding hydrogens is 631 g/mol. The number of hydrogen-bond donors (Lipinski definition) is 0. The van der Waals surface area contributed by atoms with E-state index in [0.717, 1.165) is 55.1 Å². The summed E-state index contributed by atoms with van der Waals surface area (Å²) in [7, 11) is 0. The first kappa shape index (κ1) is 28.6. The summed E-state index contributed by atoms with van der Waals surface area (Å²) in [4.78, 5) is 15.3. The molecule has 0 N–H and O–H groups in total. The average molecular weight is 658 g/mol. The van der Waals surface area contributed by atoms with Crippen LogP contribution in [0.1, 0.15) is 0 Å². The van der Waals surface area contributed by atoms with Gasteiger partial charge in [-0.2, -0.15) is 0 Å². The second kappa shape index (κ2) is 11.6. The highest BCUT2D eigenvalue weighted by Gasteiger charge is 2.19. The van der Waals surface area contributed by atoms with E-state index < -0.39 is 0 Å². The summed E-state index contributed by atoms with van der Waals surface area (Å²) in [6.45, 7) is 0. The molecule has 7 aromatic carbocycles. The standard InChI is InChI=1S/C45H27N3OS/c1-4-12-28(13-5-1)31-23-25-39-37(26-31)41-36(20-11-21-40(41)50-39)45-47-43(30-16-8-3-9-17-30)46-44(48-45)32-22-24-34-35-19-10-18-33(29-14-6-2-7-15-29)42(35)49-38(34)27-32/h1-27H. The number of nitrogens with zero attached hydrogens (tertiary/aromatic N) is 3. The van der Waals surface area contributed by atoms with Crippen molar-refractivity contribution in [1.82, 2.24) is 15.0 Å². The minimum Gasteiger partial charge on any atom is -0.455 e. The number of aromatic nitrogens is 3. The highest BCUT2D eigenvalue weighted by molar-refractivity contribution is 7.26. The highest BCUT2D eigenvalue weighted by Crippen LogP contribution is 2.42. The van der Waals surface area contributed by atoms with Crippen LogP contribution in [0.5, 0.6) is 0 Å². The van der Waals surface area contributed by atoms with E-state index in [1.807, 2.05) is 36.4 Å². The van der Waals surface area contributed by atoms with Gasteiger partial charge in [0.15, 0.2) is 17.5 Å². The van der Waals surface area contributed by atoms with E-state index in [2.05, 4.69) is 127 Å². The van der Waals surface area contributed by atoms with Gasteiger partial charge >= 0.3 is 0 Å². The smallest absolute Gasteiger partial charge is 0.164 e. The van der Waals surface area contributed by atoms with Crippen LogP contribution in [0.4, 0.5) is 0 Å². The van der Waals surface area contributed by atoms with Crippen molar-refractivity contribution in [3.05, 3.63) is 164 Å². The molecule has 0 aliphatic rings. The molecule has 0 fully saturated rings. The molecule has 0 saturated carbocycles. The van der Waals surface area contributed by atoms with Crippen molar-refractivity contribution >= 4 is 53.4 Å². The van der Waals surface area contributed by atoms with E-state index in [0.29, 0.717) is 17.5 Å². The van der Waals surface area contributed by atoms with Crippen LogP contribution in [-0.4, -0.2) is 15.0 Å². The number of thiophene rings is 1. The molecule has 4 nitrogen and oxygen atoms in total. The summed E-state index contributed by atoms with van der Waals surface area (Å²) < 4.78 is 9.03. The second-order valence-electron chi connectivity index (χ2n) is 12.4. The van der Waals surface area contributed by atoms with E-state index in [-0.39, 0.29) is 0 Å². The average Bonchev–Trinajstić information content (AvgIpc) is 3.76. The molecule has 0 atom stereocenters. The third-order valence-electron chi connectivity index (χ3n) is 9.35. The number of rotatable bonds is 5. The molecule has 10 rings (SSSR count). The normalized spacial score (nSPS) is 11.6. The maximum atomic E-state index is 6.60. The highest BCUT2D eigenvalue weighted by atomic mass is 32.1. The van der Waals surface area contributed by atoms with Gasteiger partial charge in [0.25, 0.3) is 0 Å². The molecule has 10 aromatic rings. The monoisotopic (exact) mass is 657 g/mol. The Morgan fingerprint density at radius 3 is 1.80 bits per heavy atom. The van der Waals surface area contributed by atoms with Crippen molar-refractivity contribution in [2.75, 3.05) is 0 Å². The molecule has 0 amide bonds. The molecule has 234 valence electrons. The van der Waals surface area contributed by atoms with Crippen LogP contribution >= 0.6 is 11.3 Å². The van der Waals surface area contributed by atoms with E-state index in [9.17, 15) is 0 Å². The molecule has 0 unspecified atom stereocenters. The van der Waals surface area contributed by atoms with Gasteiger partial charge in [0.05, 0.1) is 0 Å². The predicted molar refractivity (Wildman–Crippen MR) is 207 cm³/mol. The van der Waals surface area contributed by atoms with Crippen molar-refractivity contribution in [3.63, 3.8) is 0 Å². The van der Waals surface area contributed by atoms with Crippen LogP contribution in [0.2, 0.25) is 0 Å². The molecule has 5 heteroatoms. The second-order valence-corrected chi connectivity index (χ2v) is 13.5. The maximum absolute atomic E-state index is 6.60. The summed E-state index contributed by atoms with van der Waals surface area (Å²) in [5.74, 6) is 1.87. The van der Waals surface area contributed by atoms with Gasteiger partial charge in [-0.1, -0.05) is 133 Å². The molecule has 0 radical (unpaired) electrons. The maximum Gasteiger partial charge on any atom is 0.164 e. The summed E-state index contributed by atoms with van der Waals surface area (Å²) in [5.41, 5.74) is 9.02. The van der Waals surface area contributed by atoms with Gasteiger partial charge in [0.2, 0.25) is 0 Å². The largest absolute Gasteiger partial charge is 0.455 e. The molecule has 0 aliphatic carbocycles. The molecule has 50 heavy (non-hydrogen) atoms. The van der Waals surface area contributed by atoms with Crippen LogP contribution < -0.4 is 0 Å². The Bertz CT molecular complexity index is 2860. The number of benzene rings is 7. The van der Waals surface area contributed by atoms with E-state index >= 15 is 0 Å². The van der Waals surface area contributed by atoms with Crippen molar-refractivity contribution in [2.24, 2.45) is 0 Å². The number of furan rings is 1. The third kappa shape index (κ3) is 4.79. The SMILES string of the molecule is c1ccc(-c2ccc3sc4cccc(-c5nc(-c6ccccc6)nc(-c6ccc7c(c6)oc6c(-c8ccccc8)cccc67)n5)c4c3c2)cc1.